The third kappa shape index (κ3) is 6.09. The van der Waals surface area contributed by atoms with Gasteiger partial charge in [0.1, 0.15) is 6.61 Å². The summed E-state index contributed by atoms with van der Waals surface area (Å²) in [5, 5.41) is 0. The Kier molecular flexibility index (Phi) is 7.95. The van der Waals surface area contributed by atoms with Crippen LogP contribution in [0.4, 0.5) is 5.69 Å². The van der Waals surface area contributed by atoms with Gasteiger partial charge in [-0.15, -0.1) is 0 Å². The van der Waals surface area contributed by atoms with Crippen LogP contribution in [-0.2, 0) is 26.8 Å². The number of halogens is 2. The molecule has 3 aromatic rings. The van der Waals surface area contributed by atoms with Crippen molar-refractivity contribution in [2.75, 3.05) is 4.72 Å². The summed E-state index contributed by atoms with van der Waals surface area (Å²) in [5.41, 5.74) is 3.34. The van der Waals surface area contributed by atoms with Crippen LogP contribution in [0.2, 0.25) is 0 Å². The van der Waals surface area contributed by atoms with Crippen LogP contribution in [-0.4, -0.2) is 14.4 Å². The van der Waals surface area contributed by atoms with Crippen molar-refractivity contribution in [1.29, 1.82) is 0 Å². The van der Waals surface area contributed by atoms with Crippen molar-refractivity contribution >= 4 is 53.5 Å². The first-order chi connectivity index (χ1) is 15.8. The minimum atomic E-state index is -3.96. The van der Waals surface area contributed by atoms with E-state index in [2.05, 4.69) is 36.6 Å². The molecule has 0 aliphatic heterocycles. The predicted octanol–water partition coefficient (Wildman–Crippen LogP) is 7.28. The Morgan fingerprint density at radius 2 is 1.68 bits per heavy atom. The highest BCUT2D eigenvalue weighted by Gasteiger charge is 2.25. The molecule has 0 unspecified atom stereocenters. The van der Waals surface area contributed by atoms with Crippen molar-refractivity contribution in [3.63, 3.8) is 0 Å². The molecule has 0 bridgehead atoms. The van der Waals surface area contributed by atoms with Gasteiger partial charge >= 0.3 is 5.97 Å². The second-order valence-electron chi connectivity index (χ2n) is 9.13. The fraction of sp³-hybridized carbons (Fsp3) is 0.269. The first-order valence-corrected chi connectivity index (χ1v) is 13.7. The molecule has 0 saturated carbocycles. The predicted molar refractivity (Wildman–Crippen MR) is 143 cm³/mol. The zero-order chi connectivity index (χ0) is 25.3. The van der Waals surface area contributed by atoms with Crippen molar-refractivity contribution in [2.45, 2.75) is 51.5 Å². The third-order valence-corrected chi connectivity index (χ3v) is 8.29. The second kappa shape index (κ2) is 10.2. The molecule has 0 radical (unpaired) electrons. The normalized spacial score (nSPS) is 11.9. The molecular formula is C26H27Br2NO4S. The van der Waals surface area contributed by atoms with Crippen LogP contribution in [0, 0.1) is 13.8 Å². The molecule has 3 aromatic carbocycles. The van der Waals surface area contributed by atoms with E-state index in [0.29, 0.717) is 5.56 Å². The first kappa shape index (κ1) is 26.4. The average molecular weight is 609 g/mol. The number of para-hydroxylation sites is 1. The van der Waals surface area contributed by atoms with Crippen LogP contribution in [0.3, 0.4) is 0 Å². The number of nitrogens with one attached hydrogen (secondary N) is 1. The molecule has 34 heavy (non-hydrogen) atoms. The number of hydrogen-bond acceptors (Lipinski definition) is 4. The third-order valence-electron chi connectivity index (χ3n) is 5.53. The van der Waals surface area contributed by atoms with E-state index in [4.69, 9.17) is 4.74 Å². The van der Waals surface area contributed by atoms with E-state index >= 15 is 0 Å². The lowest BCUT2D eigenvalue weighted by Gasteiger charge is -2.22. The van der Waals surface area contributed by atoms with Crippen LogP contribution in [0.15, 0.2) is 68.4 Å². The maximum absolute atomic E-state index is 13.4. The second-order valence-corrected chi connectivity index (χ2v) is 12.6. The van der Waals surface area contributed by atoms with Gasteiger partial charge in [-0.3, -0.25) is 4.72 Å². The monoisotopic (exact) mass is 607 g/mol. The smallest absolute Gasteiger partial charge is 0.340 e. The number of anilines is 1. The van der Waals surface area contributed by atoms with Gasteiger partial charge in [0.25, 0.3) is 10.0 Å². The SMILES string of the molecule is Cc1cc(C(C)(C)C)cc(S(=O)(=O)Nc2ccccc2C(=O)OCc2cc(Br)ccc2Br)c1C. The van der Waals surface area contributed by atoms with Gasteiger partial charge in [-0.25, -0.2) is 13.2 Å². The lowest BCUT2D eigenvalue weighted by atomic mass is 9.85. The number of rotatable bonds is 6. The topological polar surface area (TPSA) is 72.5 Å². The van der Waals surface area contributed by atoms with Crippen molar-refractivity contribution in [3.8, 4) is 0 Å². The number of benzene rings is 3. The molecule has 0 aliphatic rings. The average Bonchev–Trinajstić information content (AvgIpc) is 2.75. The molecule has 0 atom stereocenters. The molecule has 5 nitrogen and oxygen atoms in total. The number of esters is 1. The van der Waals surface area contributed by atoms with Crippen LogP contribution >= 0.6 is 31.9 Å². The zero-order valence-electron chi connectivity index (χ0n) is 19.7. The summed E-state index contributed by atoms with van der Waals surface area (Å²) in [6.07, 6.45) is 0. The molecule has 180 valence electrons. The summed E-state index contributed by atoms with van der Waals surface area (Å²) in [5.74, 6) is -0.624. The van der Waals surface area contributed by atoms with Gasteiger partial charge in [-0.2, -0.15) is 0 Å². The van der Waals surface area contributed by atoms with E-state index < -0.39 is 16.0 Å². The Balaban J connectivity index is 1.91. The van der Waals surface area contributed by atoms with E-state index in [9.17, 15) is 13.2 Å². The minimum absolute atomic E-state index is 0.0336. The number of carbonyl (C=O) groups excluding carboxylic acids is 1. The van der Waals surface area contributed by atoms with Gasteiger partial charge in [-0.1, -0.05) is 70.8 Å². The molecular weight excluding hydrogens is 582 g/mol. The summed E-state index contributed by atoms with van der Waals surface area (Å²) in [7, 11) is -3.96. The number of aryl methyl sites for hydroxylation is 1. The molecule has 0 spiro atoms. The molecule has 0 aromatic heterocycles. The molecule has 8 heteroatoms. The Morgan fingerprint density at radius 3 is 2.35 bits per heavy atom. The molecule has 0 heterocycles. The van der Waals surface area contributed by atoms with Gasteiger partial charge in [0.05, 0.1) is 16.1 Å². The minimum Gasteiger partial charge on any atom is -0.457 e. The fourth-order valence-electron chi connectivity index (χ4n) is 3.36. The number of ether oxygens (including phenoxy) is 1. The van der Waals surface area contributed by atoms with Crippen LogP contribution < -0.4 is 4.72 Å². The van der Waals surface area contributed by atoms with Gasteiger partial charge in [0.2, 0.25) is 0 Å². The van der Waals surface area contributed by atoms with Gasteiger partial charge in [0.15, 0.2) is 0 Å². The van der Waals surface area contributed by atoms with Crippen LogP contribution in [0.25, 0.3) is 0 Å². The van der Waals surface area contributed by atoms with E-state index in [1.807, 2.05) is 52.0 Å². The van der Waals surface area contributed by atoms with E-state index in [0.717, 1.165) is 25.6 Å². The highest BCUT2D eigenvalue weighted by Crippen LogP contribution is 2.31. The van der Waals surface area contributed by atoms with Crippen molar-refractivity contribution in [3.05, 3.63) is 91.4 Å². The standard InChI is InChI=1S/C26H27Br2NO4S/c1-16-12-19(26(3,4)5)14-24(17(16)2)34(31,32)29-23-9-7-6-8-21(23)25(30)33-15-18-13-20(27)10-11-22(18)28/h6-14,29H,15H2,1-5H3. The quantitative estimate of drug-likeness (QED) is 0.298. The summed E-state index contributed by atoms with van der Waals surface area (Å²) in [4.78, 5) is 13.1. The Morgan fingerprint density at radius 1 is 1.00 bits per heavy atom. The Hall–Kier alpha value is -2.16. The maximum atomic E-state index is 13.4. The molecule has 0 aliphatic carbocycles. The van der Waals surface area contributed by atoms with Crippen molar-refractivity contribution < 1.29 is 17.9 Å². The summed E-state index contributed by atoms with van der Waals surface area (Å²) < 4.78 is 36.6. The highest BCUT2D eigenvalue weighted by atomic mass is 79.9. The number of hydrogen-bond donors (Lipinski definition) is 1. The summed E-state index contributed by atoms with van der Waals surface area (Å²) >= 11 is 6.85. The summed E-state index contributed by atoms with van der Waals surface area (Å²) in [6.45, 7) is 9.83. The van der Waals surface area contributed by atoms with Crippen LogP contribution in [0.5, 0.6) is 0 Å². The number of sulfonamides is 1. The van der Waals surface area contributed by atoms with Crippen molar-refractivity contribution in [1.82, 2.24) is 0 Å². The zero-order valence-corrected chi connectivity index (χ0v) is 23.7. The lowest BCUT2D eigenvalue weighted by Crippen LogP contribution is -2.20. The molecule has 0 amide bonds. The summed E-state index contributed by atoms with van der Waals surface area (Å²) in [6, 6.07) is 15.7. The lowest BCUT2D eigenvalue weighted by molar-refractivity contribution is 0.0473. The van der Waals surface area contributed by atoms with Gasteiger partial charge in [0, 0.05) is 14.5 Å². The van der Waals surface area contributed by atoms with Gasteiger partial charge < -0.3 is 4.74 Å². The van der Waals surface area contributed by atoms with E-state index in [-0.39, 0.29) is 28.2 Å². The fourth-order valence-corrected chi connectivity index (χ4v) is 5.56. The van der Waals surface area contributed by atoms with E-state index in [1.54, 1.807) is 37.3 Å². The molecule has 1 N–H and O–H groups in total. The van der Waals surface area contributed by atoms with Gasteiger partial charge in [-0.05, 0) is 72.4 Å². The molecule has 0 saturated heterocycles. The number of carbonyl (C=O) groups is 1. The maximum Gasteiger partial charge on any atom is 0.340 e. The van der Waals surface area contributed by atoms with Crippen molar-refractivity contribution in [2.24, 2.45) is 0 Å². The molecule has 3 rings (SSSR count). The highest BCUT2D eigenvalue weighted by molar-refractivity contribution is 9.11. The Bertz CT molecular complexity index is 1350. The first-order valence-electron chi connectivity index (χ1n) is 10.6. The molecule has 0 fully saturated rings. The Labute approximate surface area is 218 Å². The van der Waals surface area contributed by atoms with E-state index in [1.165, 1.54) is 0 Å². The van der Waals surface area contributed by atoms with Crippen LogP contribution in [0.1, 0.15) is 53.4 Å². The largest absolute Gasteiger partial charge is 0.457 e.